The number of anilines is 1. The summed E-state index contributed by atoms with van der Waals surface area (Å²) < 4.78 is 5.29. The summed E-state index contributed by atoms with van der Waals surface area (Å²) in [5, 5.41) is 2.66. The number of hydrogen-bond donors (Lipinski definition) is 1. The Hall–Kier alpha value is -3.35. The van der Waals surface area contributed by atoms with Gasteiger partial charge in [-0.2, -0.15) is 0 Å². The van der Waals surface area contributed by atoms with E-state index in [-0.39, 0.29) is 5.69 Å². The molecule has 25 heavy (non-hydrogen) atoms. The maximum Gasteiger partial charge on any atom is 0.359 e. The van der Waals surface area contributed by atoms with Crippen molar-refractivity contribution in [3.8, 4) is 0 Å². The van der Waals surface area contributed by atoms with Gasteiger partial charge in [-0.25, -0.2) is 9.78 Å². The molecule has 3 aromatic rings. The number of nitrogens with zero attached hydrogens (tertiary/aromatic N) is 3. The summed E-state index contributed by atoms with van der Waals surface area (Å²) in [6, 6.07) is 10.6. The predicted molar refractivity (Wildman–Crippen MR) is 91.9 cm³/mol. The Morgan fingerprint density at radius 1 is 1.12 bits per heavy atom. The van der Waals surface area contributed by atoms with E-state index in [1.54, 1.807) is 37.4 Å². The third-order valence-corrected chi connectivity index (χ3v) is 3.50. The molecular weight excluding hydrogens is 320 g/mol. The third-order valence-electron chi connectivity index (χ3n) is 3.50. The molecule has 7 heteroatoms. The van der Waals surface area contributed by atoms with Crippen molar-refractivity contribution in [2.75, 3.05) is 5.32 Å². The minimum Gasteiger partial charge on any atom is -0.447 e. The van der Waals surface area contributed by atoms with E-state index in [1.165, 1.54) is 12.4 Å². The molecule has 0 aliphatic rings. The topological polar surface area (TPSA) is 94.1 Å². The molecule has 1 amide bonds. The van der Waals surface area contributed by atoms with Gasteiger partial charge in [-0.05, 0) is 30.7 Å². The maximum absolute atomic E-state index is 12.3. The number of carbonyl (C=O) groups excluding carboxylic acids is 2. The highest BCUT2D eigenvalue weighted by Gasteiger charge is 2.23. The molecule has 1 unspecified atom stereocenters. The van der Waals surface area contributed by atoms with Crippen LogP contribution in [0.2, 0.25) is 0 Å². The maximum atomic E-state index is 12.3. The number of rotatable bonds is 5. The van der Waals surface area contributed by atoms with Crippen LogP contribution >= 0.6 is 0 Å². The lowest BCUT2D eigenvalue weighted by Gasteiger charge is -2.15. The van der Waals surface area contributed by atoms with Gasteiger partial charge >= 0.3 is 5.97 Å². The van der Waals surface area contributed by atoms with Crippen molar-refractivity contribution >= 4 is 28.6 Å². The van der Waals surface area contributed by atoms with Crippen molar-refractivity contribution in [2.45, 2.75) is 19.4 Å². The molecule has 0 saturated heterocycles. The van der Waals surface area contributed by atoms with Crippen LogP contribution in [0.3, 0.4) is 0 Å². The number of benzene rings is 1. The second kappa shape index (κ2) is 7.48. The lowest BCUT2D eigenvalue weighted by atomic mass is 10.2. The first-order chi connectivity index (χ1) is 12.2. The summed E-state index contributed by atoms with van der Waals surface area (Å²) in [7, 11) is 0. The van der Waals surface area contributed by atoms with Gasteiger partial charge in [0, 0.05) is 6.20 Å². The van der Waals surface area contributed by atoms with Crippen LogP contribution in [-0.4, -0.2) is 32.9 Å². The van der Waals surface area contributed by atoms with Gasteiger partial charge in [0.15, 0.2) is 11.8 Å². The van der Waals surface area contributed by atoms with Gasteiger partial charge in [-0.15, -0.1) is 0 Å². The summed E-state index contributed by atoms with van der Waals surface area (Å²) in [6.07, 6.45) is 3.86. The molecule has 126 valence electrons. The fourth-order valence-corrected chi connectivity index (χ4v) is 2.23. The van der Waals surface area contributed by atoms with Gasteiger partial charge in [-0.1, -0.05) is 19.1 Å². The number of hydrogen-bond acceptors (Lipinski definition) is 6. The number of amides is 1. The molecule has 2 aromatic heterocycles. The first-order valence-electron chi connectivity index (χ1n) is 7.81. The van der Waals surface area contributed by atoms with Crippen molar-refractivity contribution in [3.63, 3.8) is 0 Å². The quantitative estimate of drug-likeness (QED) is 0.720. The van der Waals surface area contributed by atoms with Gasteiger partial charge in [0.2, 0.25) is 0 Å². The van der Waals surface area contributed by atoms with Crippen LogP contribution in [0.15, 0.2) is 55.0 Å². The average molecular weight is 336 g/mol. The normalized spacial score (nSPS) is 11.7. The molecule has 1 atom stereocenters. The van der Waals surface area contributed by atoms with Crippen LogP contribution in [-0.2, 0) is 9.53 Å². The SMILES string of the molecule is CCC(OC(=O)c1cnc2ccccc2n1)C(=O)Nc1cccnc1. The molecule has 3 rings (SSSR count). The fourth-order valence-electron chi connectivity index (χ4n) is 2.23. The van der Waals surface area contributed by atoms with Crippen LogP contribution < -0.4 is 5.32 Å². The van der Waals surface area contributed by atoms with E-state index in [4.69, 9.17) is 4.74 Å². The van der Waals surface area contributed by atoms with Gasteiger partial charge in [0.1, 0.15) is 0 Å². The molecule has 1 N–H and O–H groups in total. The predicted octanol–water partition coefficient (Wildman–Crippen LogP) is 2.60. The van der Waals surface area contributed by atoms with Crippen LogP contribution in [0.1, 0.15) is 23.8 Å². The average Bonchev–Trinajstić information content (AvgIpc) is 2.66. The van der Waals surface area contributed by atoms with E-state index in [9.17, 15) is 9.59 Å². The van der Waals surface area contributed by atoms with Crippen molar-refractivity contribution < 1.29 is 14.3 Å². The minimum absolute atomic E-state index is 0.0614. The Kier molecular flexibility index (Phi) is 4.94. The molecule has 0 aliphatic heterocycles. The van der Waals surface area contributed by atoms with E-state index in [2.05, 4.69) is 20.3 Å². The molecular formula is C18H16N4O3. The zero-order chi connectivity index (χ0) is 17.6. The Morgan fingerprint density at radius 3 is 2.64 bits per heavy atom. The van der Waals surface area contributed by atoms with Gasteiger partial charge in [0.25, 0.3) is 5.91 Å². The first-order valence-corrected chi connectivity index (χ1v) is 7.81. The molecule has 0 saturated carbocycles. The molecule has 2 heterocycles. The number of para-hydroxylation sites is 2. The number of carbonyl (C=O) groups is 2. The standard InChI is InChI=1S/C18H16N4O3/c1-2-16(17(23)21-12-6-5-9-19-10-12)25-18(24)15-11-20-13-7-3-4-8-14(13)22-15/h3-11,16H,2H2,1H3,(H,21,23). The highest BCUT2D eigenvalue weighted by molar-refractivity contribution is 5.97. The third kappa shape index (κ3) is 3.95. The molecule has 0 bridgehead atoms. The smallest absolute Gasteiger partial charge is 0.359 e. The Morgan fingerprint density at radius 2 is 1.92 bits per heavy atom. The van der Waals surface area contributed by atoms with E-state index < -0.39 is 18.0 Å². The molecule has 0 aliphatic carbocycles. The molecule has 0 radical (unpaired) electrons. The van der Waals surface area contributed by atoms with E-state index in [0.29, 0.717) is 23.1 Å². The van der Waals surface area contributed by atoms with Crippen molar-refractivity contribution in [1.82, 2.24) is 15.0 Å². The Bertz CT molecular complexity index is 899. The van der Waals surface area contributed by atoms with E-state index in [0.717, 1.165) is 0 Å². The van der Waals surface area contributed by atoms with Crippen molar-refractivity contribution in [2.24, 2.45) is 0 Å². The van der Waals surface area contributed by atoms with Gasteiger partial charge < -0.3 is 10.1 Å². The summed E-state index contributed by atoms with van der Waals surface area (Å²) in [5.41, 5.74) is 1.86. The number of fused-ring (bicyclic) bond motifs is 1. The van der Waals surface area contributed by atoms with Crippen LogP contribution in [0.5, 0.6) is 0 Å². The van der Waals surface area contributed by atoms with Crippen LogP contribution in [0, 0.1) is 0 Å². The summed E-state index contributed by atoms with van der Waals surface area (Å²) in [4.78, 5) is 36.9. The number of ether oxygens (including phenoxy) is 1. The fraction of sp³-hybridized carbons (Fsp3) is 0.167. The minimum atomic E-state index is -0.930. The first kappa shape index (κ1) is 16.5. The van der Waals surface area contributed by atoms with Gasteiger partial charge in [-0.3, -0.25) is 14.8 Å². The largest absolute Gasteiger partial charge is 0.447 e. The Balaban J connectivity index is 1.71. The number of pyridine rings is 1. The van der Waals surface area contributed by atoms with Crippen molar-refractivity contribution in [3.05, 3.63) is 60.7 Å². The molecule has 0 spiro atoms. The molecule has 0 fully saturated rings. The summed E-state index contributed by atoms with van der Waals surface area (Å²) in [5.74, 6) is -1.11. The van der Waals surface area contributed by atoms with Crippen molar-refractivity contribution in [1.29, 1.82) is 0 Å². The Labute approximate surface area is 144 Å². The second-order valence-corrected chi connectivity index (χ2v) is 5.28. The number of nitrogens with one attached hydrogen (secondary N) is 1. The highest BCUT2D eigenvalue weighted by atomic mass is 16.5. The van der Waals surface area contributed by atoms with E-state index >= 15 is 0 Å². The summed E-state index contributed by atoms with van der Waals surface area (Å²) in [6.45, 7) is 1.76. The molecule has 1 aromatic carbocycles. The van der Waals surface area contributed by atoms with Crippen LogP contribution in [0.25, 0.3) is 11.0 Å². The molecule has 7 nitrogen and oxygen atoms in total. The zero-order valence-corrected chi connectivity index (χ0v) is 13.5. The number of esters is 1. The van der Waals surface area contributed by atoms with Gasteiger partial charge in [0.05, 0.1) is 29.1 Å². The van der Waals surface area contributed by atoms with Crippen LogP contribution in [0.4, 0.5) is 5.69 Å². The highest BCUT2D eigenvalue weighted by Crippen LogP contribution is 2.12. The second-order valence-electron chi connectivity index (χ2n) is 5.28. The monoisotopic (exact) mass is 336 g/mol. The summed E-state index contributed by atoms with van der Waals surface area (Å²) >= 11 is 0. The zero-order valence-electron chi connectivity index (χ0n) is 13.5. The number of aromatic nitrogens is 3. The lowest BCUT2D eigenvalue weighted by Crippen LogP contribution is -2.32. The van der Waals surface area contributed by atoms with E-state index in [1.807, 2.05) is 12.1 Å². The lowest BCUT2D eigenvalue weighted by molar-refractivity contribution is -0.124.